The van der Waals surface area contributed by atoms with E-state index in [4.69, 9.17) is 4.74 Å². The Morgan fingerprint density at radius 1 is 1.08 bits per heavy atom. The Morgan fingerprint density at radius 3 is 2.32 bits per heavy atom. The van der Waals surface area contributed by atoms with Gasteiger partial charge in [-0.1, -0.05) is 55.0 Å². The monoisotopic (exact) mass is 520 g/mol. The van der Waals surface area contributed by atoms with Crippen LogP contribution in [0.1, 0.15) is 74.1 Å². The van der Waals surface area contributed by atoms with Crippen LogP contribution in [0, 0.1) is 27.6 Å². The Bertz CT molecular complexity index is 880. The first-order chi connectivity index (χ1) is 17.1. The first kappa shape index (κ1) is 30.8. The molecule has 210 valence electrons. The lowest BCUT2D eigenvalue weighted by Crippen LogP contribution is -2.42. The summed E-state index contributed by atoms with van der Waals surface area (Å²) < 4.78 is 4.83. The van der Waals surface area contributed by atoms with Crippen LogP contribution in [0.3, 0.4) is 0 Å². The standard InChI is InChI=1S/C28H48N4O5/c1-9-22(34)37-16-10-11-30-24(36)31-13-12-29-14-15-32-21(33)17-20(23(32)35)26(5,6)18-27(7)19-28(27,8)25(2,3)4/h9,20,29H,1,10-19H2,2-8H3,(H2,30,31,36). The van der Waals surface area contributed by atoms with Crippen molar-refractivity contribution < 1.29 is 23.9 Å². The van der Waals surface area contributed by atoms with Crippen molar-refractivity contribution in [2.24, 2.45) is 27.6 Å². The Kier molecular flexibility index (Phi) is 9.96. The van der Waals surface area contributed by atoms with E-state index in [-0.39, 0.29) is 58.5 Å². The molecule has 0 aromatic rings. The van der Waals surface area contributed by atoms with Crippen LogP contribution in [-0.2, 0) is 19.1 Å². The molecule has 0 aromatic heterocycles. The van der Waals surface area contributed by atoms with Crippen LogP contribution in [0.4, 0.5) is 4.79 Å². The highest BCUT2D eigenvalue weighted by Crippen LogP contribution is 2.75. The zero-order valence-corrected chi connectivity index (χ0v) is 23.9. The second kappa shape index (κ2) is 12.0. The highest BCUT2D eigenvalue weighted by atomic mass is 16.5. The number of carbonyl (C=O) groups excluding carboxylic acids is 4. The quantitative estimate of drug-likeness (QED) is 0.140. The maximum Gasteiger partial charge on any atom is 0.330 e. The topological polar surface area (TPSA) is 117 Å². The number of amides is 4. The summed E-state index contributed by atoms with van der Waals surface area (Å²) in [5.41, 5.74) is 0.349. The summed E-state index contributed by atoms with van der Waals surface area (Å²) in [6, 6.07) is -0.307. The highest BCUT2D eigenvalue weighted by Gasteiger charge is 2.67. The maximum absolute atomic E-state index is 13.2. The Hall–Kier alpha value is -2.42. The van der Waals surface area contributed by atoms with Crippen LogP contribution in [-0.4, -0.2) is 68.0 Å². The molecule has 1 saturated carbocycles. The minimum atomic E-state index is -0.483. The third-order valence-electron chi connectivity index (χ3n) is 8.76. The van der Waals surface area contributed by atoms with E-state index in [0.29, 0.717) is 39.1 Å². The molecule has 2 aliphatic rings. The molecule has 3 N–H and O–H groups in total. The normalized spacial score (nSPS) is 25.7. The Labute approximate surface area is 222 Å². The van der Waals surface area contributed by atoms with Crippen LogP contribution in [0.25, 0.3) is 0 Å². The van der Waals surface area contributed by atoms with Crippen molar-refractivity contribution in [3.8, 4) is 0 Å². The molecule has 0 spiro atoms. The number of nitrogens with one attached hydrogen (secondary N) is 3. The molecule has 1 heterocycles. The number of likely N-dealkylation sites (tertiary alicyclic amines) is 1. The van der Waals surface area contributed by atoms with E-state index in [0.717, 1.165) is 18.9 Å². The van der Waals surface area contributed by atoms with Crippen molar-refractivity contribution in [1.82, 2.24) is 20.9 Å². The van der Waals surface area contributed by atoms with E-state index in [1.165, 1.54) is 4.90 Å². The van der Waals surface area contributed by atoms with Gasteiger partial charge in [0.15, 0.2) is 0 Å². The Balaban J connectivity index is 1.68. The third-order valence-corrected chi connectivity index (χ3v) is 8.76. The van der Waals surface area contributed by atoms with Gasteiger partial charge in [0, 0.05) is 45.2 Å². The molecule has 37 heavy (non-hydrogen) atoms. The summed E-state index contributed by atoms with van der Waals surface area (Å²) in [7, 11) is 0. The zero-order valence-electron chi connectivity index (χ0n) is 23.9. The lowest BCUT2D eigenvalue weighted by molar-refractivity contribution is -0.141. The average Bonchev–Trinajstić information content (AvgIpc) is 3.22. The molecule has 0 radical (unpaired) electrons. The van der Waals surface area contributed by atoms with Gasteiger partial charge in [0.1, 0.15) is 0 Å². The van der Waals surface area contributed by atoms with Crippen molar-refractivity contribution in [1.29, 1.82) is 0 Å². The predicted octanol–water partition coefficient (Wildman–Crippen LogP) is 3.25. The average molecular weight is 521 g/mol. The number of esters is 1. The molecule has 9 heteroatoms. The van der Waals surface area contributed by atoms with Gasteiger partial charge in [-0.2, -0.15) is 0 Å². The van der Waals surface area contributed by atoms with Crippen molar-refractivity contribution in [2.45, 2.75) is 74.1 Å². The maximum atomic E-state index is 13.2. The van der Waals surface area contributed by atoms with E-state index in [1.54, 1.807) is 0 Å². The fraction of sp³-hybridized carbons (Fsp3) is 0.786. The molecular weight excluding hydrogens is 472 g/mol. The number of nitrogens with zero attached hydrogens (tertiary/aromatic N) is 1. The number of ether oxygens (including phenoxy) is 1. The van der Waals surface area contributed by atoms with Gasteiger partial charge in [0.25, 0.3) is 0 Å². The largest absolute Gasteiger partial charge is 0.462 e. The molecular formula is C28H48N4O5. The summed E-state index contributed by atoms with van der Waals surface area (Å²) in [6.45, 7) is 21.5. The molecule has 3 unspecified atom stereocenters. The number of imide groups is 1. The van der Waals surface area contributed by atoms with E-state index >= 15 is 0 Å². The zero-order chi connectivity index (χ0) is 28.1. The van der Waals surface area contributed by atoms with Gasteiger partial charge in [-0.25, -0.2) is 9.59 Å². The van der Waals surface area contributed by atoms with Gasteiger partial charge in [-0.15, -0.1) is 0 Å². The van der Waals surface area contributed by atoms with Gasteiger partial charge < -0.3 is 20.7 Å². The van der Waals surface area contributed by atoms with Crippen LogP contribution < -0.4 is 16.0 Å². The van der Waals surface area contributed by atoms with Crippen molar-refractivity contribution in [2.75, 3.05) is 39.3 Å². The predicted molar refractivity (Wildman–Crippen MR) is 144 cm³/mol. The first-order valence-electron chi connectivity index (χ1n) is 13.4. The third kappa shape index (κ3) is 7.55. The van der Waals surface area contributed by atoms with E-state index in [1.807, 2.05) is 0 Å². The lowest BCUT2D eigenvalue weighted by atomic mass is 9.66. The van der Waals surface area contributed by atoms with Gasteiger partial charge in [0.05, 0.1) is 12.5 Å². The molecule has 1 saturated heterocycles. The first-order valence-corrected chi connectivity index (χ1v) is 13.4. The fourth-order valence-electron chi connectivity index (χ4n) is 5.97. The molecule has 4 amide bonds. The van der Waals surface area contributed by atoms with Crippen molar-refractivity contribution in [3.63, 3.8) is 0 Å². The fourth-order valence-corrected chi connectivity index (χ4v) is 5.97. The number of hydrogen-bond acceptors (Lipinski definition) is 6. The SMILES string of the molecule is C=CC(=O)OCCCNC(=O)NCCNCCN1C(=O)CC(C(C)(C)CC2(C)CC2(C)C(C)(C)C)C1=O. The molecule has 0 aromatic carbocycles. The number of rotatable bonds is 14. The van der Waals surface area contributed by atoms with E-state index in [9.17, 15) is 19.2 Å². The summed E-state index contributed by atoms with van der Waals surface area (Å²) in [4.78, 5) is 50.0. The summed E-state index contributed by atoms with van der Waals surface area (Å²) in [5, 5.41) is 8.59. The molecule has 0 bridgehead atoms. The van der Waals surface area contributed by atoms with Crippen molar-refractivity contribution in [3.05, 3.63) is 12.7 Å². The Morgan fingerprint density at radius 2 is 1.73 bits per heavy atom. The second-order valence-corrected chi connectivity index (χ2v) is 12.8. The summed E-state index contributed by atoms with van der Waals surface area (Å²) in [5.74, 6) is -0.925. The molecule has 3 atom stereocenters. The van der Waals surface area contributed by atoms with Crippen molar-refractivity contribution >= 4 is 23.8 Å². The smallest absolute Gasteiger partial charge is 0.330 e. The van der Waals surface area contributed by atoms with Crippen LogP contribution in [0.15, 0.2) is 12.7 Å². The van der Waals surface area contributed by atoms with Gasteiger partial charge in [0.2, 0.25) is 11.8 Å². The molecule has 1 aliphatic heterocycles. The minimum absolute atomic E-state index is 0.0604. The minimum Gasteiger partial charge on any atom is -0.462 e. The molecule has 1 aliphatic carbocycles. The molecule has 9 nitrogen and oxygen atoms in total. The second-order valence-electron chi connectivity index (χ2n) is 12.8. The number of carbonyl (C=O) groups is 4. The summed E-state index contributed by atoms with van der Waals surface area (Å²) >= 11 is 0. The van der Waals surface area contributed by atoms with E-state index < -0.39 is 5.97 Å². The molecule has 2 rings (SSSR count). The van der Waals surface area contributed by atoms with Crippen LogP contribution >= 0.6 is 0 Å². The van der Waals surface area contributed by atoms with Gasteiger partial charge >= 0.3 is 12.0 Å². The van der Waals surface area contributed by atoms with Gasteiger partial charge in [-0.05, 0) is 40.9 Å². The van der Waals surface area contributed by atoms with Gasteiger partial charge in [-0.3, -0.25) is 14.5 Å². The summed E-state index contributed by atoms with van der Waals surface area (Å²) in [6.07, 6.45) is 3.96. The number of urea groups is 1. The molecule has 2 fully saturated rings. The van der Waals surface area contributed by atoms with E-state index in [2.05, 4.69) is 71.0 Å². The van der Waals surface area contributed by atoms with Crippen LogP contribution in [0.2, 0.25) is 0 Å². The van der Waals surface area contributed by atoms with Crippen LogP contribution in [0.5, 0.6) is 0 Å². The highest BCUT2D eigenvalue weighted by molar-refractivity contribution is 6.03. The lowest BCUT2D eigenvalue weighted by Gasteiger charge is -2.38. The number of hydrogen-bond donors (Lipinski definition) is 3.